The van der Waals surface area contributed by atoms with Crippen LogP contribution in [0.4, 0.5) is 13.2 Å². The van der Waals surface area contributed by atoms with Crippen molar-refractivity contribution in [3.8, 4) is 22.9 Å². The molecule has 0 atom stereocenters. The number of nitrogens with zero attached hydrogens (tertiary/aromatic N) is 1. The smallest absolute Gasteiger partial charge is 0.400 e. The molecule has 2 saturated carbocycles. The number of benzene rings is 2. The normalized spacial score (nSPS) is 30.4. The highest BCUT2D eigenvalue weighted by atomic mass is 19.3. The Balaban J connectivity index is 1.10. The van der Waals surface area contributed by atoms with E-state index in [0.717, 1.165) is 51.7 Å². The van der Waals surface area contributed by atoms with Crippen molar-refractivity contribution in [2.45, 2.75) is 70.7 Å². The third-order valence-corrected chi connectivity index (χ3v) is 8.74. The monoisotopic (exact) mass is 527 g/mol. The van der Waals surface area contributed by atoms with Crippen molar-refractivity contribution in [2.24, 2.45) is 29.6 Å². The average Bonchev–Trinajstić information content (AvgIpc) is 2.94. The number of hydrogen-bond acceptors (Lipinski definition) is 4. The van der Waals surface area contributed by atoms with E-state index in [0.29, 0.717) is 47.6 Å². The molecule has 1 aliphatic heterocycles. The van der Waals surface area contributed by atoms with Gasteiger partial charge in [-0.25, -0.2) is 4.39 Å². The summed E-state index contributed by atoms with van der Waals surface area (Å²) in [6.45, 7) is 3.68. The number of halogens is 3. The maximum atomic E-state index is 15.1. The van der Waals surface area contributed by atoms with Crippen molar-refractivity contribution in [1.82, 2.24) is 0 Å². The van der Waals surface area contributed by atoms with Crippen LogP contribution in [-0.2, 0) is 9.47 Å². The van der Waals surface area contributed by atoms with Crippen LogP contribution in [0.15, 0.2) is 42.5 Å². The molecule has 2 aromatic carbocycles. The molecule has 3 aliphatic rings. The largest absolute Gasteiger partial charge is 0.432 e. The highest BCUT2D eigenvalue weighted by Gasteiger charge is 2.45. The summed E-state index contributed by atoms with van der Waals surface area (Å²) in [4.78, 5) is 0. The van der Waals surface area contributed by atoms with Crippen LogP contribution in [0.5, 0.6) is 5.75 Å². The van der Waals surface area contributed by atoms with Crippen LogP contribution < -0.4 is 4.74 Å². The highest BCUT2D eigenvalue weighted by molar-refractivity contribution is 5.65. The predicted octanol–water partition coefficient (Wildman–Crippen LogP) is 7.96. The average molecular weight is 528 g/mol. The molecule has 0 unspecified atom stereocenters. The maximum absolute atomic E-state index is 15.1. The first-order valence-corrected chi connectivity index (χ1v) is 13.9. The van der Waals surface area contributed by atoms with E-state index in [2.05, 4.69) is 6.92 Å². The van der Waals surface area contributed by atoms with E-state index in [-0.39, 0.29) is 17.6 Å². The lowest BCUT2D eigenvalue weighted by Crippen LogP contribution is -2.40. The number of rotatable bonds is 6. The molecule has 0 spiro atoms. The van der Waals surface area contributed by atoms with E-state index in [1.54, 1.807) is 24.3 Å². The van der Waals surface area contributed by atoms with Crippen molar-refractivity contribution in [3.05, 3.63) is 53.8 Å². The summed E-state index contributed by atoms with van der Waals surface area (Å²) in [6.07, 6.45) is 3.69. The van der Waals surface area contributed by atoms with E-state index in [1.165, 1.54) is 24.3 Å². The molecule has 204 valence electrons. The first kappa shape index (κ1) is 27.0. The molecule has 2 aliphatic carbocycles. The van der Waals surface area contributed by atoms with Gasteiger partial charge in [-0.2, -0.15) is 14.0 Å². The lowest BCUT2D eigenvalue weighted by Gasteiger charge is -2.41. The van der Waals surface area contributed by atoms with E-state index in [4.69, 9.17) is 19.5 Å². The van der Waals surface area contributed by atoms with Gasteiger partial charge in [-0.1, -0.05) is 25.1 Å². The highest BCUT2D eigenvalue weighted by Crippen LogP contribution is 2.46. The minimum absolute atomic E-state index is 0.0333. The molecular weight excluding hydrogens is 491 g/mol. The van der Waals surface area contributed by atoms with Crippen molar-refractivity contribution in [1.29, 1.82) is 5.26 Å². The Morgan fingerprint density at radius 3 is 1.95 bits per heavy atom. The predicted molar refractivity (Wildman–Crippen MR) is 138 cm³/mol. The second-order valence-corrected chi connectivity index (χ2v) is 11.4. The first-order valence-electron chi connectivity index (χ1n) is 13.9. The summed E-state index contributed by atoms with van der Waals surface area (Å²) in [5.74, 6) is 0.701. The lowest BCUT2D eigenvalue weighted by atomic mass is 9.69. The Hall–Kier alpha value is -2.56. The molecule has 2 aromatic rings. The molecule has 3 fully saturated rings. The lowest BCUT2D eigenvalue weighted by molar-refractivity contribution is -0.229. The van der Waals surface area contributed by atoms with Gasteiger partial charge in [0.15, 0.2) is 6.29 Å². The summed E-state index contributed by atoms with van der Waals surface area (Å²) in [5.41, 5.74) is 1.20. The fourth-order valence-electron chi connectivity index (χ4n) is 6.44. The quantitative estimate of drug-likeness (QED) is 0.382. The standard InChI is InChI=1S/C31H36F3NO3/c1-20-18-36-30(37-19-20)24-4-2-21(3-5-24)22-8-12-27(13-9-22)31(33,34)38-28-14-10-23(11-15-28)25-6-7-26(17-35)29(32)16-25/h6-7,10-11,14-16,20-22,24,27,30H,2-5,8-9,12-13,18-19H2,1H3. The third-order valence-electron chi connectivity index (χ3n) is 8.74. The molecule has 0 amide bonds. The summed E-state index contributed by atoms with van der Waals surface area (Å²) in [6, 6.07) is 12.3. The van der Waals surface area contributed by atoms with Crippen LogP contribution in [-0.4, -0.2) is 25.6 Å². The molecule has 0 radical (unpaired) electrons. The Morgan fingerprint density at radius 2 is 1.37 bits per heavy atom. The topological polar surface area (TPSA) is 51.5 Å². The van der Waals surface area contributed by atoms with Crippen LogP contribution >= 0.6 is 0 Å². The molecule has 0 aromatic heterocycles. The molecule has 0 N–H and O–H groups in total. The van der Waals surface area contributed by atoms with E-state index in [1.807, 2.05) is 0 Å². The van der Waals surface area contributed by atoms with Crippen molar-refractivity contribution in [2.75, 3.05) is 13.2 Å². The number of hydrogen-bond donors (Lipinski definition) is 0. The zero-order valence-electron chi connectivity index (χ0n) is 21.9. The van der Waals surface area contributed by atoms with Crippen molar-refractivity contribution in [3.63, 3.8) is 0 Å². The maximum Gasteiger partial charge on any atom is 0.400 e. The second kappa shape index (κ2) is 11.7. The minimum Gasteiger partial charge on any atom is -0.432 e. The summed E-state index contributed by atoms with van der Waals surface area (Å²) < 4.78 is 61.1. The zero-order valence-corrected chi connectivity index (χ0v) is 21.9. The molecular formula is C31H36F3NO3. The van der Waals surface area contributed by atoms with Gasteiger partial charge in [-0.15, -0.1) is 0 Å². The second-order valence-electron chi connectivity index (χ2n) is 11.4. The van der Waals surface area contributed by atoms with Crippen LogP contribution in [0.2, 0.25) is 0 Å². The number of ether oxygens (including phenoxy) is 3. The Kier molecular flexibility index (Phi) is 8.30. The molecule has 38 heavy (non-hydrogen) atoms. The SMILES string of the molecule is CC1COC(C2CCC(C3CCC(C(F)(F)Oc4ccc(-c5ccc(C#N)c(F)c5)cc4)CC3)CC2)OC1. The van der Waals surface area contributed by atoms with Gasteiger partial charge in [0.05, 0.1) is 24.7 Å². The summed E-state index contributed by atoms with van der Waals surface area (Å²) >= 11 is 0. The van der Waals surface area contributed by atoms with Gasteiger partial charge in [0.1, 0.15) is 17.6 Å². The van der Waals surface area contributed by atoms with Crippen LogP contribution in [0.25, 0.3) is 11.1 Å². The van der Waals surface area contributed by atoms with Crippen LogP contribution in [0.1, 0.15) is 63.9 Å². The summed E-state index contributed by atoms with van der Waals surface area (Å²) in [5, 5.41) is 8.89. The molecule has 1 heterocycles. The molecule has 7 heteroatoms. The van der Waals surface area contributed by atoms with Crippen LogP contribution in [0, 0.1) is 46.7 Å². The Bertz CT molecular complexity index is 1110. The van der Waals surface area contributed by atoms with Crippen molar-refractivity contribution >= 4 is 0 Å². The van der Waals surface area contributed by atoms with Gasteiger partial charge in [0, 0.05) is 11.8 Å². The summed E-state index contributed by atoms with van der Waals surface area (Å²) in [7, 11) is 0. The van der Waals surface area contributed by atoms with Gasteiger partial charge >= 0.3 is 6.11 Å². The Labute approximate surface area is 223 Å². The van der Waals surface area contributed by atoms with Gasteiger partial charge in [-0.05, 0) is 98.6 Å². The number of nitriles is 1. The molecule has 0 bridgehead atoms. The van der Waals surface area contributed by atoms with Gasteiger partial charge in [-0.3, -0.25) is 0 Å². The fraction of sp³-hybridized carbons (Fsp3) is 0.581. The van der Waals surface area contributed by atoms with Crippen molar-refractivity contribution < 1.29 is 27.4 Å². The zero-order chi connectivity index (χ0) is 26.7. The van der Waals surface area contributed by atoms with E-state index in [9.17, 15) is 4.39 Å². The molecule has 4 nitrogen and oxygen atoms in total. The first-order chi connectivity index (χ1) is 18.3. The van der Waals surface area contributed by atoms with Gasteiger partial charge < -0.3 is 14.2 Å². The number of alkyl halides is 2. The van der Waals surface area contributed by atoms with Gasteiger partial charge in [0.25, 0.3) is 0 Å². The fourth-order valence-corrected chi connectivity index (χ4v) is 6.44. The van der Waals surface area contributed by atoms with Gasteiger partial charge in [0.2, 0.25) is 0 Å². The Morgan fingerprint density at radius 1 is 0.816 bits per heavy atom. The third kappa shape index (κ3) is 6.18. The minimum atomic E-state index is -3.24. The van der Waals surface area contributed by atoms with Crippen LogP contribution in [0.3, 0.4) is 0 Å². The van der Waals surface area contributed by atoms with E-state index >= 15 is 8.78 Å². The molecule has 1 saturated heterocycles. The van der Waals surface area contributed by atoms with E-state index < -0.39 is 17.8 Å². The molecule has 5 rings (SSSR count).